The van der Waals surface area contributed by atoms with Crippen molar-refractivity contribution >= 4 is 0 Å². The minimum Gasteiger partial charge on any atom is -0.396 e. The molecule has 7 aliphatic rings. The molecule has 148 valence electrons. The molecule has 7 nitrogen and oxygen atoms in total. The van der Waals surface area contributed by atoms with E-state index in [1.54, 1.807) is 10.8 Å². The molecule has 8 rings (SSSR count). The molecule has 5 unspecified atom stereocenters. The fourth-order valence-corrected chi connectivity index (χ4v) is 10.1. The highest BCUT2D eigenvalue weighted by atomic mass is 16.3. The van der Waals surface area contributed by atoms with Crippen LogP contribution in [0.25, 0.3) is 0 Å². The Hall–Kier alpha value is -1.70. The highest BCUT2D eigenvalue weighted by Crippen LogP contribution is 3.16. The highest BCUT2D eigenvalue weighted by molar-refractivity contribution is 5.66. The van der Waals surface area contributed by atoms with E-state index < -0.39 is 11.2 Å². The van der Waals surface area contributed by atoms with Crippen LogP contribution in [-0.4, -0.2) is 44.7 Å². The molecule has 0 amide bonds. The van der Waals surface area contributed by atoms with E-state index in [2.05, 4.69) is 17.1 Å². The quantitative estimate of drug-likeness (QED) is 0.512. The molecule has 4 N–H and O–H groups in total. The molecule has 7 aliphatic carbocycles. The van der Waals surface area contributed by atoms with Crippen molar-refractivity contribution < 1.29 is 15.3 Å². The van der Waals surface area contributed by atoms with Crippen molar-refractivity contribution in [1.29, 1.82) is 0 Å². The number of aliphatic hydroxyl groups excluding tert-OH is 3. The standard InChI is InChI=1S/C21H24N2O5/c24-7-18-12-14-19(18,8-25)15-13(18)20(12,9-26)21(14,15)23-6-11(16(27)22-17(23)28)10-4-2-1-3-5-10/h1-2,6,10,12-15,24-26H,3-5,7-9H2,(H,22,27,28). The van der Waals surface area contributed by atoms with Gasteiger partial charge in [-0.15, -0.1) is 0 Å². The third-order valence-electron chi connectivity index (χ3n) is 10.4. The first-order chi connectivity index (χ1) is 13.6. The van der Waals surface area contributed by atoms with E-state index in [-0.39, 0.29) is 71.2 Å². The second-order valence-electron chi connectivity index (χ2n) is 10.0. The van der Waals surface area contributed by atoms with Crippen LogP contribution in [0, 0.1) is 39.9 Å². The zero-order chi connectivity index (χ0) is 19.3. The zero-order valence-corrected chi connectivity index (χ0v) is 15.5. The summed E-state index contributed by atoms with van der Waals surface area (Å²) < 4.78 is 1.72. The van der Waals surface area contributed by atoms with Gasteiger partial charge in [0.15, 0.2) is 0 Å². The molecule has 0 saturated heterocycles. The summed E-state index contributed by atoms with van der Waals surface area (Å²) in [6.07, 6.45) is 8.60. The van der Waals surface area contributed by atoms with Crippen molar-refractivity contribution in [2.45, 2.75) is 30.7 Å². The van der Waals surface area contributed by atoms with Gasteiger partial charge in [-0.05, 0) is 48.9 Å². The lowest BCUT2D eigenvalue weighted by Crippen LogP contribution is -3.22. The Morgan fingerprint density at radius 3 is 2.18 bits per heavy atom. The van der Waals surface area contributed by atoms with Gasteiger partial charge < -0.3 is 15.3 Å². The van der Waals surface area contributed by atoms with Crippen LogP contribution < -0.4 is 11.2 Å². The number of aromatic amines is 1. The van der Waals surface area contributed by atoms with Crippen molar-refractivity contribution in [2.24, 2.45) is 39.9 Å². The van der Waals surface area contributed by atoms with Gasteiger partial charge in [0.1, 0.15) is 0 Å². The number of allylic oxidation sites excluding steroid dienone is 2. The summed E-state index contributed by atoms with van der Waals surface area (Å²) in [4.78, 5) is 28.0. The number of nitrogens with one attached hydrogen (secondary N) is 1. The maximum absolute atomic E-state index is 12.9. The number of aromatic nitrogens is 2. The van der Waals surface area contributed by atoms with Gasteiger partial charge in [-0.3, -0.25) is 14.3 Å². The number of nitrogens with zero attached hydrogens (tertiary/aromatic N) is 1. The molecule has 7 heteroatoms. The van der Waals surface area contributed by atoms with Crippen molar-refractivity contribution in [3.63, 3.8) is 0 Å². The first-order valence-electron chi connectivity index (χ1n) is 10.4. The summed E-state index contributed by atoms with van der Waals surface area (Å²) in [5.41, 5.74) is -1.46. The van der Waals surface area contributed by atoms with E-state index in [0.29, 0.717) is 5.56 Å². The van der Waals surface area contributed by atoms with Gasteiger partial charge in [-0.1, -0.05) is 12.2 Å². The molecular formula is C21H24N2O5. The van der Waals surface area contributed by atoms with E-state index in [0.717, 1.165) is 19.3 Å². The molecule has 5 atom stereocenters. The predicted octanol–water partition coefficient (Wildman–Crippen LogP) is -0.475. The molecule has 28 heavy (non-hydrogen) atoms. The summed E-state index contributed by atoms with van der Waals surface area (Å²) in [6, 6.07) is 0. The lowest BCUT2D eigenvalue weighted by molar-refractivity contribution is -0.734. The highest BCUT2D eigenvalue weighted by Gasteiger charge is 3.20. The lowest BCUT2D eigenvalue weighted by atomic mass is 8.86. The fourth-order valence-electron chi connectivity index (χ4n) is 10.1. The van der Waals surface area contributed by atoms with Gasteiger partial charge in [-0.2, -0.15) is 0 Å². The smallest absolute Gasteiger partial charge is 0.328 e. The first-order valence-corrected chi connectivity index (χ1v) is 10.4. The van der Waals surface area contributed by atoms with Crippen LogP contribution in [0.15, 0.2) is 27.9 Å². The number of H-pyrrole nitrogens is 1. The number of rotatable bonds is 5. The van der Waals surface area contributed by atoms with Crippen LogP contribution in [0.4, 0.5) is 0 Å². The SMILES string of the molecule is O=c1[nH]c(=O)n(C23C4C5C6(CO)C(C2C46CO)C53CO)cc1C1CC=CCC1. The Bertz CT molecular complexity index is 1060. The predicted molar refractivity (Wildman–Crippen MR) is 97.5 cm³/mol. The molecular weight excluding hydrogens is 360 g/mol. The average molecular weight is 384 g/mol. The molecule has 6 saturated carbocycles. The maximum atomic E-state index is 12.9. The van der Waals surface area contributed by atoms with Gasteiger partial charge in [0.25, 0.3) is 5.56 Å². The number of hydrogen-bond acceptors (Lipinski definition) is 5. The zero-order valence-electron chi connectivity index (χ0n) is 15.5. The average Bonchev–Trinajstić information content (AvgIpc) is 2.73. The monoisotopic (exact) mass is 384 g/mol. The number of aliphatic hydroxyl groups is 3. The van der Waals surface area contributed by atoms with Gasteiger partial charge in [-0.25, -0.2) is 4.79 Å². The Morgan fingerprint density at radius 2 is 1.61 bits per heavy atom. The summed E-state index contributed by atoms with van der Waals surface area (Å²) in [7, 11) is 0. The largest absolute Gasteiger partial charge is 0.396 e. The van der Waals surface area contributed by atoms with Crippen LogP contribution >= 0.6 is 0 Å². The molecule has 6 fully saturated rings. The molecule has 0 aliphatic heterocycles. The summed E-state index contributed by atoms with van der Waals surface area (Å²) in [5.74, 6) is 0.687. The second-order valence-corrected chi connectivity index (χ2v) is 10.0. The minimum atomic E-state index is -0.489. The maximum Gasteiger partial charge on any atom is 0.328 e. The Kier molecular flexibility index (Phi) is 2.45. The number of hydrogen-bond donors (Lipinski definition) is 4. The first kappa shape index (κ1) is 16.1. The van der Waals surface area contributed by atoms with E-state index in [1.165, 1.54) is 0 Å². The Labute approximate surface area is 160 Å². The summed E-state index contributed by atoms with van der Waals surface area (Å²) in [5, 5.41) is 30.6. The van der Waals surface area contributed by atoms with E-state index in [9.17, 15) is 24.9 Å². The van der Waals surface area contributed by atoms with Crippen LogP contribution in [0.3, 0.4) is 0 Å². The molecule has 0 bridgehead atoms. The third-order valence-corrected chi connectivity index (χ3v) is 10.4. The molecule has 0 spiro atoms. The normalized spacial score (nSPS) is 55.3. The molecule has 1 heterocycles. The summed E-state index contributed by atoms with van der Waals surface area (Å²) in [6.45, 7) is 0.0666. The van der Waals surface area contributed by atoms with E-state index in [1.807, 2.05) is 0 Å². The van der Waals surface area contributed by atoms with Crippen molar-refractivity contribution in [1.82, 2.24) is 9.55 Å². The van der Waals surface area contributed by atoms with Crippen LogP contribution in [0.1, 0.15) is 30.7 Å². The van der Waals surface area contributed by atoms with E-state index >= 15 is 0 Å². The lowest BCUT2D eigenvalue weighted by Gasteiger charge is -3.18. The second kappa shape index (κ2) is 4.25. The Balaban J connectivity index is 1.39. The molecule has 0 radical (unpaired) electrons. The van der Waals surface area contributed by atoms with Gasteiger partial charge in [0.05, 0.1) is 18.8 Å². The van der Waals surface area contributed by atoms with Crippen molar-refractivity contribution in [3.8, 4) is 0 Å². The topological polar surface area (TPSA) is 116 Å². The van der Waals surface area contributed by atoms with E-state index in [4.69, 9.17) is 0 Å². The molecule has 1 aromatic rings. The van der Waals surface area contributed by atoms with Gasteiger partial charge in [0.2, 0.25) is 0 Å². The van der Waals surface area contributed by atoms with Crippen LogP contribution in [0.5, 0.6) is 0 Å². The summed E-state index contributed by atoms with van der Waals surface area (Å²) >= 11 is 0. The third kappa shape index (κ3) is 0.992. The van der Waals surface area contributed by atoms with Crippen molar-refractivity contribution in [2.75, 3.05) is 19.8 Å². The molecule has 0 aromatic carbocycles. The van der Waals surface area contributed by atoms with Crippen LogP contribution in [0.2, 0.25) is 0 Å². The fraction of sp³-hybridized carbons (Fsp3) is 0.714. The van der Waals surface area contributed by atoms with Gasteiger partial charge in [0, 0.05) is 34.6 Å². The van der Waals surface area contributed by atoms with Crippen molar-refractivity contribution in [3.05, 3.63) is 44.8 Å². The Morgan fingerprint density at radius 1 is 0.964 bits per heavy atom. The minimum absolute atomic E-state index is 0.00828. The van der Waals surface area contributed by atoms with Gasteiger partial charge >= 0.3 is 5.69 Å². The molecule has 1 aromatic heterocycles. The van der Waals surface area contributed by atoms with Crippen LogP contribution in [-0.2, 0) is 5.54 Å².